The van der Waals surface area contributed by atoms with Gasteiger partial charge in [0, 0.05) is 6.04 Å². The minimum absolute atomic E-state index is 0.0199. The van der Waals surface area contributed by atoms with Gasteiger partial charge in [0.25, 0.3) is 0 Å². The standard InChI is InChI=1S/C14H13N5O2S/c20-13(15-9-3-4-9)8-22-14-17-16-12-6-5-10(18-19(12)14)11-2-1-7-21-11/h1-2,5-7,9H,3-4,8H2,(H,15,20). The van der Waals surface area contributed by atoms with Crippen LogP contribution in [0.15, 0.2) is 40.1 Å². The van der Waals surface area contributed by atoms with Gasteiger partial charge in [0.2, 0.25) is 11.1 Å². The molecule has 1 aliphatic rings. The van der Waals surface area contributed by atoms with Gasteiger partial charge in [-0.2, -0.15) is 9.61 Å². The van der Waals surface area contributed by atoms with Crippen LogP contribution in [0.5, 0.6) is 0 Å². The van der Waals surface area contributed by atoms with E-state index in [0.29, 0.717) is 34.1 Å². The number of hydrogen-bond acceptors (Lipinski definition) is 6. The number of aromatic nitrogens is 4. The number of fused-ring (bicyclic) bond motifs is 1. The van der Waals surface area contributed by atoms with Crippen molar-refractivity contribution < 1.29 is 9.21 Å². The number of nitrogens with one attached hydrogen (secondary N) is 1. The fraction of sp³-hybridized carbons (Fsp3) is 0.286. The Labute approximate surface area is 130 Å². The lowest BCUT2D eigenvalue weighted by Crippen LogP contribution is -2.27. The van der Waals surface area contributed by atoms with Crippen LogP contribution in [-0.2, 0) is 4.79 Å². The van der Waals surface area contributed by atoms with Gasteiger partial charge in [0.1, 0.15) is 5.69 Å². The molecule has 1 N–H and O–H groups in total. The van der Waals surface area contributed by atoms with Crippen LogP contribution in [0.1, 0.15) is 12.8 Å². The van der Waals surface area contributed by atoms with E-state index in [-0.39, 0.29) is 5.91 Å². The second kappa shape index (κ2) is 5.45. The number of nitrogens with zero attached hydrogens (tertiary/aromatic N) is 4. The predicted molar refractivity (Wildman–Crippen MR) is 80.4 cm³/mol. The lowest BCUT2D eigenvalue weighted by atomic mass is 10.3. The van der Waals surface area contributed by atoms with Crippen molar-refractivity contribution in [1.82, 2.24) is 25.1 Å². The molecule has 4 rings (SSSR count). The van der Waals surface area contributed by atoms with Crippen LogP contribution >= 0.6 is 11.8 Å². The smallest absolute Gasteiger partial charge is 0.230 e. The predicted octanol–water partition coefficient (Wildman–Crippen LogP) is 1.75. The molecule has 0 aromatic carbocycles. The van der Waals surface area contributed by atoms with Crippen molar-refractivity contribution in [3.8, 4) is 11.5 Å². The molecule has 0 spiro atoms. The van der Waals surface area contributed by atoms with Crippen molar-refractivity contribution in [2.45, 2.75) is 24.0 Å². The topological polar surface area (TPSA) is 85.3 Å². The highest BCUT2D eigenvalue weighted by Crippen LogP contribution is 2.22. The van der Waals surface area contributed by atoms with Gasteiger partial charge in [-0.3, -0.25) is 4.79 Å². The van der Waals surface area contributed by atoms with Crippen LogP contribution in [0, 0.1) is 0 Å². The molecule has 0 unspecified atom stereocenters. The fourth-order valence-corrected chi connectivity index (χ4v) is 2.74. The number of rotatable bonds is 5. The molecule has 0 aliphatic heterocycles. The SMILES string of the molecule is O=C(CSc1nnc2ccc(-c3ccco3)nn12)NC1CC1. The van der Waals surface area contributed by atoms with E-state index in [1.54, 1.807) is 10.8 Å². The molecule has 3 aromatic heterocycles. The number of thioether (sulfide) groups is 1. The molecule has 22 heavy (non-hydrogen) atoms. The third-order valence-corrected chi connectivity index (χ3v) is 4.20. The van der Waals surface area contributed by atoms with Gasteiger partial charge in [-0.15, -0.1) is 10.2 Å². The van der Waals surface area contributed by atoms with Crippen LogP contribution in [0.2, 0.25) is 0 Å². The fourth-order valence-electron chi connectivity index (χ4n) is 2.04. The Bertz CT molecular complexity index is 810. The van der Waals surface area contributed by atoms with Gasteiger partial charge in [-0.1, -0.05) is 11.8 Å². The van der Waals surface area contributed by atoms with E-state index in [1.165, 1.54) is 11.8 Å². The number of carbonyl (C=O) groups excluding carboxylic acids is 1. The maximum Gasteiger partial charge on any atom is 0.230 e. The van der Waals surface area contributed by atoms with E-state index in [0.717, 1.165) is 12.8 Å². The number of amides is 1. The Kier molecular flexibility index (Phi) is 3.30. The summed E-state index contributed by atoms with van der Waals surface area (Å²) in [7, 11) is 0. The summed E-state index contributed by atoms with van der Waals surface area (Å²) in [6.07, 6.45) is 3.77. The molecule has 1 saturated carbocycles. The van der Waals surface area contributed by atoms with E-state index >= 15 is 0 Å². The molecule has 7 nitrogen and oxygen atoms in total. The van der Waals surface area contributed by atoms with Gasteiger partial charge in [-0.25, -0.2) is 0 Å². The molecule has 8 heteroatoms. The summed E-state index contributed by atoms with van der Waals surface area (Å²) in [5, 5.41) is 16.2. The zero-order valence-electron chi connectivity index (χ0n) is 11.6. The Morgan fingerprint density at radius 3 is 3.05 bits per heavy atom. The zero-order chi connectivity index (χ0) is 14.9. The summed E-state index contributed by atoms with van der Waals surface area (Å²) < 4.78 is 6.98. The Hall–Kier alpha value is -2.35. The van der Waals surface area contributed by atoms with Crippen molar-refractivity contribution in [2.75, 3.05) is 5.75 Å². The minimum Gasteiger partial charge on any atom is -0.463 e. The van der Waals surface area contributed by atoms with E-state index in [2.05, 4.69) is 20.6 Å². The quantitative estimate of drug-likeness (QED) is 0.722. The zero-order valence-corrected chi connectivity index (χ0v) is 12.4. The molecule has 1 amide bonds. The summed E-state index contributed by atoms with van der Waals surface area (Å²) in [4.78, 5) is 11.8. The molecular weight excluding hydrogens is 302 g/mol. The first-order valence-corrected chi connectivity index (χ1v) is 7.97. The second-order valence-electron chi connectivity index (χ2n) is 5.08. The minimum atomic E-state index is 0.0199. The van der Waals surface area contributed by atoms with E-state index < -0.39 is 0 Å². The molecule has 1 aliphatic carbocycles. The van der Waals surface area contributed by atoms with Gasteiger partial charge in [0.15, 0.2) is 11.4 Å². The summed E-state index contributed by atoms with van der Waals surface area (Å²) >= 11 is 1.32. The van der Waals surface area contributed by atoms with Crippen molar-refractivity contribution in [2.24, 2.45) is 0 Å². The molecule has 1 fully saturated rings. The Morgan fingerprint density at radius 1 is 1.36 bits per heavy atom. The number of carbonyl (C=O) groups is 1. The van der Waals surface area contributed by atoms with E-state index in [9.17, 15) is 4.79 Å². The monoisotopic (exact) mass is 315 g/mol. The summed E-state index contributed by atoms with van der Waals surface area (Å²) in [5.41, 5.74) is 1.34. The number of hydrogen-bond donors (Lipinski definition) is 1. The molecule has 3 aromatic rings. The van der Waals surface area contributed by atoms with Crippen molar-refractivity contribution >= 4 is 23.3 Å². The van der Waals surface area contributed by atoms with Gasteiger partial charge in [0.05, 0.1) is 12.0 Å². The maximum atomic E-state index is 11.8. The molecule has 112 valence electrons. The molecule has 0 atom stereocenters. The first-order valence-electron chi connectivity index (χ1n) is 6.98. The highest BCUT2D eigenvalue weighted by molar-refractivity contribution is 7.99. The first-order chi connectivity index (χ1) is 10.8. The van der Waals surface area contributed by atoms with Gasteiger partial charge < -0.3 is 9.73 Å². The van der Waals surface area contributed by atoms with Crippen molar-refractivity contribution in [3.05, 3.63) is 30.5 Å². The normalized spacial score (nSPS) is 14.4. The van der Waals surface area contributed by atoms with Crippen molar-refractivity contribution in [1.29, 1.82) is 0 Å². The first kappa shape index (κ1) is 13.3. The maximum absolute atomic E-state index is 11.8. The number of furan rings is 1. The summed E-state index contributed by atoms with van der Waals surface area (Å²) in [5.74, 6) is 1.01. The second-order valence-corrected chi connectivity index (χ2v) is 6.02. The average molecular weight is 315 g/mol. The molecule has 0 radical (unpaired) electrons. The Morgan fingerprint density at radius 2 is 2.27 bits per heavy atom. The van der Waals surface area contributed by atoms with Crippen molar-refractivity contribution in [3.63, 3.8) is 0 Å². The van der Waals surface area contributed by atoms with Crippen LogP contribution in [0.4, 0.5) is 0 Å². The van der Waals surface area contributed by atoms with E-state index in [1.807, 2.05) is 24.3 Å². The van der Waals surface area contributed by atoms with Crippen LogP contribution in [0.25, 0.3) is 17.1 Å². The summed E-state index contributed by atoms with van der Waals surface area (Å²) in [6.45, 7) is 0. The van der Waals surface area contributed by atoms with Crippen LogP contribution in [0.3, 0.4) is 0 Å². The summed E-state index contributed by atoms with van der Waals surface area (Å²) in [6, 6.07) is 7.68. The third kappa shape index (κ3) is 2.69. The third-order valence-electron chi connectivity index (χ3n) is 3.28. The average Bonchev–Trinajstić information content (AvgIpc) is 3.05. The van der Waals surface area contributed by atoms with Crippen LogP contribution in [-0.4, -0.2) is 37.5 Å². The van der Waals surface area contributed by atoms with Crippen LogP contribution < -0.4 is 5.32 Å². The highest BCUT2D eigenvalue weighted by Gasteiger charge is 2.23. The molecule has 0 bridgehead atoms. The highest BCUT2D eigenvalue weighted by atomic mass is 32.2. The Balaban J connectivity index is 1.55. The lowest BCUT2D eigenvalue weighted by Gasteiger charge is -2.02. The van der Waals surface area contributed by atoms with Gasteiger partial charge in [-0.05, 0) is 37.1 Å². The molecular formula is C14H13N5O2S. The molecule has 0 saturated heterocycles. The lowest BCUT2D eigenvalue weighted by molar-refractivity contribution is -0.118. The van der Waals surface area contributed by atoms with E-state index in [4.69, 9.17) is 4.42 Å². The molecule has 3 heterocycles. The van der Waals surface area contributed by atoms with Gasteiger partial charge >= 0.3 is 0 Å². The largest absolute Gasteiger partial charge is 0.463 e.